The van der Waals surface area contributed by atoms with Crippen LogP contribution in [-0.2, 0) is 18.3 Å². The van der Waals surface area contributed by atoms with E-state index in [9.17, 15) is 18.3 Å². The summed E-state index contributed by atoms with van der Waals surface area (Å²) in [6.07, 6.45) is -4.18. The Morgan fingerprint density at radius 2 is 0.640 bits per heavy atom. The van der Waals surface area contributed by atoms with Crippen LogP contribution >= 0.6 is 30.4 Å². The van der Waals surface area contributed by atoms with Crippen molar-refractivity contribution in [1.29, 1.82) is 0 Å². The monoisotopic (exact) mass is 476 g/mol. The molecule has 0 aliphatic rings. The molecule has 0 saturated carbocycles. The first-order valence-electron chi connectivity index (χ1n) is 5.99. The number of nitrogens with zero attached hydrogens (tertiary/aromatic N) is 2. The van der Waals surface area contributed by atoms with Crippen LogP contribution in [0.4, 0.5) is 0 Å². The van der Waals surface area contributed by atoms with Crippen molar-refractivity contribution in [2.45, 2.75) is 0 Å². The smallest absolute Gasteiger partial charge is 0.324 e. The van der Waals surface area contributed by atoms with Crippen molar-refractivity contribution in [3.63, 3.8) is 0 Å². The van der Waals surface area contributed by atoms with Crippen molar-refractivity contribution in [1.82, 2.24) is 9.80 Å². The largest absolute Gasteiger partial charge is 2.00 e. The van der Waals surface area contributed by atoms with Gasteiger partial charge in [0, 0.05) is 13.1 Å². The Kier molecular flexibility index (Phi) is 12.9. The van der Waals surface area contributed by atoms with Crippen LogP contribution < -0.4 is 0 Å². The van der Waals surface area contributed by atoms with Gasteiger partial charge in [-0.3, -0.25) is 28.1 Å². The Morgan fingerprint density at radius 1 is 0.480 bits per heavy atom. The van der Waals surface area contributed by atoms with E-state index in [-0.39, 0.29) is 37.7 Å². The number of hydrogen-bond donors (Lipinski definition) is 8. The van der Waals surface area contributed by atoms with Gasteiger partial charge in [0.15, 0.2) is 0 Å². The van der Waals surface area contributed by atoms with E-state index in [2.05, 4.69) is 0 Å². The molecule has 0 atom stereocenters. The Morgan fingerprint density at radius 3 is 0.760 bits per heavy atom. The van der Waals surface area contributed by atoms with Gasteiger partial charge in [-0.2, -0.15) is 0 Å². The van der Waals surface area contributed by atoms with E-state index in [0.717, 1.165) is 0 Å². The maximum Gasteiger partial charge on any atom is 2.00 e. The molecule has 0 fully saturated rings. The molecule has 0 aliphatic carbocycles. The van der Waals surface area contributed by atoms with Crippen molar-refractivity contribution in [2.24, 2.45) is 0 Å². The molecule has 0 rings (SSSR count). The summed E-state index contributed by atoms with van der Waals surface area (Å²) in [7, 11) is -18.8. The number of rotatable bonds is 11. The number of hydrogen-bond acceptors (Lipinski definition) is 6. The summed E-state index contributed by atoms with van der Waals surface area (Å²) in [5, 5.41) is 0. The van der Waals surface area contributed by atoms with Gasteiger partial charge in [-0.15, -0.1) is 0 Å². The molecular weight excluding hydrogens is 456 g/mol. The molecule has 0 bridgehead atoms. The molecule has 0 heterocycles. The van der Waals surface area contributed by atoms with Crippen molar-refractivity contribution < 1.29 is 57.4 Å². The van der Waals surface area contributed by atoms with Crippen LogP contribution in [0.25, 0.3) is 0 Å². The molecule has 0 unspecified atom stereocenters. The van der Waals surface area contributed by atoms with Crippen molar-refractivity contribution in [3.05, 3.63) is 0 Å². The van der Waals surface area contributed by atoms with Crippen LogP contribution in [0.3, 0.4) is 0 Å². The van der Waals surface area contributed by atoms with Crippen LogP contribution in [0, 0.1) is 0 Å². The Hall–Kier alpha value is 1.78. The fourth-order valence-electron chi connectivity index (χ4n) is 1.70. The van der Waals surface area contributed by atoms with Crippen LogP contribution in [-0.4, -0.2) is 125 Å². The first kappa shape index (κ1) is 29.0. The quantitative estimate of drug-likeness (QED) is 0.116. The molecule has 8 N–H and O–H groups in total. The third kappa shape index (κ3) is 20.3. The van der Waals surface area contributed by atoms with E-state index in [1.165, 1.54) is 0 Å². The Bertz CT molecular complexity index is 492. The second kappa shape index (κ2) is 11.1. The average molecular weight is 476 g/mol. The van der Waals surface area contributed by atoms with Gasteiger partial charge in [-0.05, 0) is 0 Å². The molecule has 25 heavy (non-hydrogen) atoms. The van der Waals surface area contributed by atoms with E-state index in [1.807, 2.05) is 0 Å². The minimum Gasteiger partial charge on any atom is -0.324 e. The molecule has 0 aromatic carbocycles. The molecule has 0 aliphatic heterocycles. The summed E-state index contributed by atoms with van der Waals surface area (Å²) in [5.74, 6) is 0. The zero-order chi connectivity index (χ0) is 19.4. The molecule has 14 nitrogen and oxygen atoms in total. The maximum atomic E-state index is 11.0. The first-order chi connectivity index (χ1) is 10.4. The topological polar surface area (TPSA) is 237 Å². The fraction of sp³-hybridized carbons (Fsp3) is 1.00. The fourth-order valence-corrected chi connectivity index (χ4v) is 5.06. The molecule has 0 spiro atoms. The van der Waals surface area contributed by atoms with Crippen LogP contribution in [0.1, 0.15) is 0 Å². The summed E-state index contributed by atoms with van der Waals surface area (Å²) >= 11 is 0. The summed E-state index contributed by atoms with van der Waals surface area (Å²) < 4.78 is 43.9. The van der Waals surface area contributed by atoms with Crippen molar-refractivity contribution in [3.8, 4) is 0 Å². The molecule has 0 radical (unpaired) electrons. The average Bonchev–Trinajstić information content (AvgIpc) is 2.16. The van der Waals surface area contributed by atoms with Gasteiger partial charge in [0.1, 0.15) is 25.1 Å². The van der Waals surface area contributed by atoms with E-state index < -0.39 is 68.6 Å². The summed E-state index contributed by atoms with van der Waals surface area (Å²) in [5.41, 5.74) is 0. The van der Waals surface area contributed by atoms with Crippen molar-refractivity contribution >= 4 is 68.1 Å². The third-order valence-corrected chi connectivity index (χ3v) is 5.34. The van der Waals surface area contributed by atoms with Gasteiger partial charge in [-0.25, -0.2) is 0 Å². The molecule has 0 aromatic heterocycles. The minimum absolute atomic E-state index is 0. The Balaban J connectivity index is 0. The van der Waals surface area contributed by atoms with Gasteiger partial charge in [0.2, 0.25) is 0 Å². The van der Waals surface area contributed by atoms with Crippen molar-refractivity contribution in [2.75, 3.05) is 38.2 Å². The molecule has 0 aromatic rings. The van der Waals surface area contributed by atoms with E-state index >= 15 is 0 Å². The minimum atomic E-state index is -4.69. The van der Waals surface area contributed by atoms with Crippen LogP contribution in [0.15, 0.2) is 0 Å². The zero-order valence-electron chi connectivity index (χ0n) is 12.8. The standard InChI is InChI=1S/C6H20N2O12P4.Ca/c9-21(10,11)3-7(4-22(12,13)14)1-2-8(5-23(15,16)17)6-24(18,19)20;/h1-6H2,(H2,9,10,11)(H2,12,13,14)(H2,15,16,17)(H2,18,19,20);/q;+2. The summed E-state index contributed by atoms with van der Waals surface area (Å²) in [6, 6.07) is 0. The van der Waals surface area contributed by atoms with Gasteiger partial charge in [0.25, 0.3) is 0 Å². The second-order valence-electron chi connectivity index (χ2n) is 5.01. The van der Waals surface area contributed by atoms with E-state index in [4.69, 9.17) is 39.1 Å². The molecule has 0 saturated heterocycles. The zero-order valence-corrected chi connectivity index (χ0v) is 18.6. The molecule has 146 valence electrons. The SMILES string of the molecule is O=P(O)(O)CN(CCN(CP(=O)(O)O)CP(=O)(O)O)CP(=O)(O)O.[Ca+2]. The van der Waals surface area contributed by atoms with Gasteiger partial charge in [-0.1, -0.05) is 0 Å². The summed E-state index contributed by atoms with van der Waals surface area (Å²) in [4.78, 5) is 72.3. The molecular formula is C6H20CaN2O12P4+2. The summed E-state index contributed by atoms with van der Waals surface area (Å²) in [6.45, 7) is -1.01. The van der Waals surface area contributed by atoms with Gasteiger partial charge in [0.05, 0.1) is 0 Å². The van der Waals surface area contributed by atoms with Gasteiger partial charge >= 0.3 is 68.1 Å². The third-order valence-electron chi connectivity index (χ3n) is 2.27. The molecule has 0 amide bonds. The van der Waals surface area contributed by atoms with E-state index in [1.54, 1.807) is 0 Å². The predicted molar refractivity (Wildman–Crippen MR) is 86.8 cm³/mol. The van der Waals surface area contributed by atoms with E-state index in [0.29, 0.717) is 9.80 Å². The molecule has 19 heteroatoms. The van der Waals surface area contributed by atoms with Gasteiger partial charge < -0.3 is 39.1 Å². The maximum absolute atomic E-state index is 11.0. The van der Waals surface area contributed by atoms with Crippen LogP contribution in [0.5, 0.6) is 0 Å². The Labute approximate surface area is 172 Å². The second-order valence-corrected chi connectivity index (χ2v) is 11.5. The normalized spacial score (nSPS) is 14.0. The van der Waals surface area contributed by atoms with Crippen LogP contribution in [0.2, 0.25) is 0 Å². The first-order valence-corrected chi connectivity index (χ1v) is 13.2. The predicted octanol–water partition coefficient (Wildman–Crippen LogP) is -2.25.